The number of likely N-dealkylation sites (tertiary alicyclic amines) is 1. The molecule has 0 aromatic carbocycles. The highest BCUT2D eigenvalue weighted by Gasteiger charge is 2.56. The Morgan fingerprint density at radius 2 is 1.48 bits per heavy atom. The molecule has 2 unspecified atom stereocenters. The molecular weight excluding hydrogens is 312 g/mol. The average Bonchev–Trinajstić information content (AvgIpc) is 2.74. The van der Waals surface area contributed by atoms with Gasteiger partial charge in [0.1, 0.15) is 0 Å². The molecule has 0 aromatic rings. The highest BCUT2D eigenvalue weighted by molar-refractivity contribution is 6.05. The standard InChI is InChI=1S/C21H38N2O2/c1-9-15-16(21(8,10-2)11-3)18(25)23(17(15)24)14-12-19(4,5)22-20(6,7)13-14/h14-16,22H,9-13H2,1-8H3. The van der Waals surface area contributed by atoms with Gasteiger partial charge < -0.3 is 5.32 Å². The van der Waals surface area contributed by atoms with E-state index in [1.807, 2.05) is 6.92 Å². The zero-order valence-electron chi connectivity index (χ0n) is 17.5. The molecule has 0 spiro atoms. The number of carbonyl (C=O) groups is 2. The number of piperidine rings is 1. The summed E-state index contributed by atoms with van der Waals surface area (Å²) in [7, 11) is 0. The van der Waals surface area contributed by atoms with E-state index >= 15 is 0 Å². The highest BCUT2D eigenvalue weighted by Crippen LogP contribution is 2.47. The van der Waals surface area contributed by atoms with Crippen molar-refractivity contribution in [2.75, 3.05) is 0 Å². The Kier molecular flexibility index (Phi) is 5.45. The molecule has 1 N–H and O–H groups in total. The van der Waals surface area contributed by atoms with Crippen LogP contribution in [0.2, 0.25) is 0 Å². The van der Waals surface area contributed by atoms with Gasteiger partial charge in [-0.3, -0.25) is 14.5 Å². The van der Waals surface area contributed by atoms with Crippen LogP contribution < -0.4 is 5.32 Å². The SMILES string of the molecule is CCC1C(=O)N(C2CC(C)(C)NC(C)(C)C2)C(=O)C1C(C)(CC)CC. The molecule has 0 bridgehead atoms. The van der Waals surface area contributed by atoms with Crippen LogP contribution in [-0.2, 0) is 9.59 Å². The molecular formula is C21H38N2O2. The second kappa shape index (κ2) is 6.68. The Hall–Kier alpha value is -0.900. The van der Waals surface area contributed by atoms with Crippen molar-refractivity contribution in [3.05, 3.63) is 0 Å². The minimum Gasteiger partial charge on any atom is -0.307 e. The molecule has 2 aliphatic heterocycles. The van der Waals surface area contributed by atoms with E-state index < -0.39 is 0 Å². The summed E-state index contributed by atoms with van der Waals surface area (Å²) < 4.78 is 0. The third kappa shape index (κ3) is 3.65. The molecule has 0 aliphatic carbocycles. The number of hydrogen-bond acceptors (Lipinski definition) is 3. The van der Waals surface area contributed by atoms with Gasteiger partial charge in [0.2, 0.25) is 11.8 Å². The fourth-order valence-corrected chi connectivity index (χ4v) is 5.45. The van der Waals surface area contributed by atoms with E-state index in [9.17, 15) is 9.59 Å². The van der Waals surface area contributed by atoms with E-state index in [2.05, 4.69) is 53.8 Å². The van der Waals surface area contributed by atoms with Crippen LogP contribution in [0.15, 0.2) is 0 Å². The average molecular weight is 351 g/mol. The number of nitrogens with zero attached hydrogens (tertiary/aromatic N) is 1. The van der Waals surface area contributed by atoms with Gasteiger partial charge in [0, 0.05) is 17.1 Å². The van der Waals surface area contributed by atoms with Crippen molar-refractivity contribution in [2.24, 2.45) is 17.3 Å². The minimum atomic E-state index is -0.166. The van der Waals surface area contributed by atoms with Gasteiger partial charge >= 0.3 is 0 Å². The second-order valence-corrected chi connectivity index (χ2v) is 9.85. The third-order valence-electron chi connectivity index (χ3n) is 6.80. The summed E-state index contributed by atoms with van der Waals surface area (Å²) in [6.07, 6.45) is 4.26. The number of amides is 2. The molecule has 2 rings (SSSR count). The predicted octanol–water partition coefficient (Wildman–Crippen LogP) is 4.13. The van der Waals surface area contributed by atoms with Crippen LogP contribution in [0.1, 0.15) is 87.5 Å². The molecule has 2 aliphatic rings. The molecule has 0 radical (unpaired) electrons. The van der Waals surface area contributed by atoms with Crippen LogP contribution >= 0.6 is 0 Å². The van der Waals surface area contributed by atoms with Crippen molar-refractivity contribution < 1.29 is 9.59 Å². The molecule has 2 atom stereocenters. The molecule has 25 heavy (non-hydrogen) atoms. The molecule has 0 aromatic heterocycles. The number of carbonyl (C=O) groups excluding carboxylic acids is 2. The Morgan fingerprint density at radius 1 is 1.00 bits per heavy atom. The first kappa shape index (κ1) is 20.4. The first-order valence-electron chi connectivity index (χ1n) is 10.1. The molecule has 0 saturated carbocycles. The Morgan fingerprint density at radius 3 is 1.88 bits per heavy atom. The van der Waals surface area contributed by atoms with Crippen LogP contribution in [0.5, 0.6) is 0 Å². The largest absolute Gasteiger partial charge is 0.307 e. The normalized spacial score (nSPS) is 30.2. The summed E-state index contributed by atoms with van der Waals surface area (Å²) >= 11 is 0. The van der Waals surface area contributed by atoms with Gasteiger partial charge in [0.15, 0.2) is 0 Å². The van der Waals surface area contributed by atoms with Gasteiger partial charge in [-0.1, -0.05) is 27.7 Å². The van der Waals surface area contributed by atoms with Gasteiger partial charge in [-0.05, 0) is 65.2 Å². The molecule has 144 valence electrons. The third-order valence-corrected chi connectivity index (χ3v) is 6.80. The van der Waals surface area contributed by atoms with E-state index in [4.69, 9.17) is 0 Å². The molecule has 2 heterocycles. The summed E-state index contributed by atoms with van der Waals surface area (Å²) in [5.41, 5.74) is -0.253. The smallest absolute Gasteiger partial charge is 0.233 e. The molecule has 2 saturated heterocycles. The highest BCUT2D eigenvalue weighted by atomic mass is 16.2. The van der Waals surface area contributed by atoms with Gasteiger partial charge in [-0.15, -0.1) is 0 Å². The van der Waals surface area contributed by atoms with Gasteiger partial charge in [-0.2, -0.15) is 0 Å². The summed E-state index contributed by atoms with van der Waals surface area (Å²) in [6.45, 7) is 17.2. The topological polar surface area (TPSA) is 49.4 Å². The quantitative estimate of drug-likeness (QED) is 0.758. The summed E-state index contributed by atoms with van der Waals surface area (Å²) in [5, 5.41) is 3.65. The zero-order chi connectivity index (χ0) is 19.2. The summed E-state index contributed by atoms with van der Waals surface area (Å²) in [4.78, 5) is 28.4. The first-order chi connectivity index (χ1) is 11.4. The number of rotatable bonds is 5. The van der Waals surface area contributed by atoms with E-state index in [0.29, 0.717) is 0 Å². The fraction of sp³-hybridized carbons (Fsp3) is 0.905. The van der Waals surface area contributed by atoms with Crippen LogP contribution in [0.3, 0.4) is 0 Å². The molecule has 2 fully saturated rings. The van der Waals surface area contributed by atoms with E-state index in [1.165, 1.54) is 0 Å². The lowest BCUT2D eigenvalue weighted by Crippen LogP contribution is -2.63. The van der Waals surface area contributed by atoms with Crippen LogP contribution in [-0.4, -0.2) is 33.8 Å². The van der Waals surface area contributed by atoms with Crippen molar-refractivity contribution in [1.82, 2.24) is 10.2 Å². The van der Waals surface area contributed by atoms with Gasteiger partial charge in [0.25, 0.3) is 0 Å². The fourth-order valence-electron chi connectivity index (χ4n) is 5.45. The molecule has 4 heteroatoms. The Labute approximate surface area is 154 Å². The maximum atomic E-state index is 13.5. The number of nitrogens with one attached hydrogen (secondary N) is 1. The molecule has 2 amide bonds. The van der Waals surface area contributed by atoms with Crippen molar-refractivity contribution in [1.29, 1.82) is 0 Å². The lowest BCUT2D eigenvalue weighted by atomic mass is 9.67. The summed E-state index contributed by atoms with van der Waals surface area (Å²) in [6, 6.07) is 0.00302. The Bertz CT molecular complexity index is 518. The van der Waals surface area contributed by atoms with Crippen molar-refractivity contribution >= 4 is 11.8 Å². The predicted molar refractivity (Wildman–Crippen MR) is 102 cm³/mol. The van der Waals surface area contributed by atoms with Crippen LogP contribution in [0.4, 0.5) is 0 Å². The minimum absolute atomic E-state index is 0.00302. The van der Waals surface area contributed by atoms with E-state index in [1.54, 1.807) is 4.90 Å². The van der Waals surface area contributed by atoms with Gasteiger partial charge in [0.05, 0.1) is 11.8 Å². The summed E-state index contributed by atoms with van der Waals surface area (Å²) in [5.74, 6) is -0.162. The van der Waals surface area contributed by atoms with Crippen molar-refractivity contribution in [3.8, 4) is 0 Å². The van der Waals surface area contributed by atoms with Crippen molar-refractivity contribution in [3.63, 3.8) is 0 Å². The first-order valence-corrected chi connectivity index (χ1v) is 10.1. The second-order valence-electron chi connectivity index (χ2n) is 9.85. The number of imide groups is 1. The maximum Gasteiger partial charge on any atom is 0.233 e. The number of hydrogen-bond donors (Lipinski definition) is 1. The van der Waals surface area contributed by atoms with E-state index in [0.717, 1.165) is 32.1 Å². The molecule has 4 nitrogen and oxygen atoms in total. The van der Waals surface area contributed by atoms with Gasteiger partial charge in [-0.25, -0.2) is 0 Å². The monoisotopic (exact) mass is 350 g/mol. The van der Waals surface area contributed by atoms with E-state index in [-0.39, 0.29) is 46.2 Å². The lowest BCUT2D eigenvalue weighted by Gasteiger charge is -2.48. The maximum absolute atomic E-state index is 13.5. The van der Waals surface area contributed by atoms with Crippen molar-refractivity contribution in [2.45, 2.75) is 105 Å². The van der Waals surface area contributed by atoms with Crippen LogP contribution in [0.25, 0.3) is 0 Å². The zero-order valence-corrected chi connectivity index (χ0v) is 17.5. The Balaban J connectivity index is 2.39. The van der Waals surface area contributed by atoms with Crippen LogP contribution in [0, 0.1) is 17.3 Å². The lowest BCUT2D eigenvalue weighted by molar-refractivity contribution is -0.145.